The average molecular weight is 360 g/mol. The maximum absolute atomic E-state index is 5.70. The van der Waals surface area contributed by atoms with Gasteiger partial charge in [-0.05, 0) is 38.5 Å². The summed E-state index contributed by atoms with van der Waals surface area (Å²) in [6.07, 6.45) is 0. The first-order valence-electron chi connectivity index (χ1n) is 8.78. The van der Waals surface area contributed by atoms with Crippen molar-refractivity contribution in [2.45, 2.75) is 33.9 Å². The first-order chi connectivity index (χ1) is 12.6. The van der Waals surface area contributed by atoms with E-state index in [2.05, 4.69) is 20.6 Å². The minimum atomic E-state index is 0.398. The SMILES string of the molecule is CCNC(=NCc1nc(C)c(C)o1)NCCOCc1cccc(OC)c1. The summed E-state index contributed by atoms with van der Waals surface area (Å²) in [5.41, 5.74) is 1.98. The van der Waals surface area contributed by atoms with E-state index in [9.17, 15) is 0 Å². The number of nitrogens with zero attached hydrogens (tertiary/aromatic N) is 2. The number of hydrogen-bond donors (Lipinski definition) is 2. The number of ether oxygens (including phenoxy) is 2. The van der Waals surface area contributed by atoms with Crippen LogP contribution in [0.15, 0.2) is 33.7 Å². The lowest BCUT2D eigenvalue weighted by molar-refractivity contribution is 0.125. The summed E-state index contributed by atoms with van der Waals surface area (Å²) < 4.78 is 16.5. The van der Waals surface area contributed by atoms with Gasteiger partial charge in [0.25, 0.3) is 0 Å². The molecule has 2 rings (SSSR count). The first-order valence-corrected chi connectivity index (χ1v) is 8.78. The molecule has 0 saturated heterocycles. The predicted octanol–water partition coefficient (Wildman–Crippen LogP) is 2.57. The number of aryl methyl sites for hydroxylation is 2. The third kappa shape index (κ3) is 6.40. The average Bonchev–Trinajstić information content (AvgIpc) is 2.97. The highest BCUT2D eigenvalue weighted by molar-refractivity contribution is 5.79. The molecule has 142 valence electrons. The summed E-state index contributed by atoms with van der Waals surface area (Å²) in [7, 11) is 1.66. The maximum Gasteiger partial charge on any atom is 0.216 e. The van der Waals surface area contributed by atoms with Crippen molar-refractivity contribution in [2.24, 2.45) is 4.99 Å². The largest absolute Gasteiger partial charge is 0.497 e. The van der Waals surface area contributed by atoms with E-state index in [0.29, 0.717) is 38.2 Å². The van der Waals surface area contributed by atoms with E-state index in [1.807, 2.05) is 45.0 Å². The van der Waals surface area contributed by atoms with Crippen LogP contribution in [0.3, 0.4) is 0 Å². The fourth-order valence-corrected chi connectivity index (χ4v) is 2.29. The zero-order valence-corrected chi connectivity index (χ0v) is 16.0. The Labute approximate surface area is 154 Å². The molecule has 0 fully saturated rings. The monoisotopic (exact) mass is 360 g/mol. The van der Waals surface area contributed by atoms with Crippen molar-refractivity contribution >= 4 is 5.96 Å². The van der Waals surface area contributed by atoms with Crippen molar-refractivity contribution in [3.8, 4) is 5.75 Å². The van der Waals surface area contributed by atoms with Crippen LogP contribution in [0.5, 0.6) is 5.75 Å². The molecule has 1 aromatic carbocycles. The van der Waals surface area contributed by atoms with Gasteiger partial charge in [-0.2, -0.15) is 0 Å². The number of rotatable bonds is 9. The second kappa shape index (κ2) is 10.5. The van der Waals surface area contributed by atoms with Crippen LogP contribution in [-0.4, -0.2) is 37.7 Å². The molecular formula is C19H28N4O3. The van der Waals surface area contributed by atoms with Crippen molar-refractivity contribution in [1.82, 2.24) is 15.6 Å². The van der Waals surface area contributed by atoms with Crippen LogP contribution in [0.25, 0.3) is 0 Å². The van der Waals surface area contributed by atoms with Gasteiger partial charge in [-0.25, -0.2) is 9.98 Å². The van der Waals surface area contributed by atoms with Crippen molar-refractivity contribution < 1.29 is 13.9 Å². The molecule has 0 aliphatic rings. The van der Waals surface area contributed by atoms with E-state index in [-0.39, 0.29) is 0 Å². The van der Waals surface area contributed by atoms with Gasteiger partial charge in [-0.1, -0.05) is 12.1 Å². The van der Waals surface area contributed by atoms with Gasteiger partial charge in [0.2, 0.25) is 5.89 Å². The second-order valence-corrected chi connectivity index (χ2v) is 5.78. The number of guanidine groups is 1. The van der Waals surface area contributed by atoms with Crippen molar-refractivity contribution in [1.29, 1.82) is 0 Å². The lowest BCUT2D eigenvalue weighted by atomic mass is 10.2. The molecule has 0 unspecified atom stereocenters. The van der Waals surface area contributed by atoms with E-state index in [1.165, 1.54) is 0 Å². The van der Waals surface area contributed by atoms with Crippen molar-refractivity contribution in [3.63, 3.8) is 0 Å². The standard InChI is InChI=1S/C19H28N4O3/c1-5-20-19(22-12-18-23-14(2)15(3)26-18)21-9-10-25-13-16-7-6-8-17(11-16)24-4/h6-8,11H,5,9-10,12-13H2,1-4H3,(H2,20,21,22). The van der Waals surface area contributed by atoms with Crippen LogP contribution >= 0.6 is 0 Å². The Bertz CT molecular complexity index is 693. The van der Waals surface area contributed by atoms with Crippen LogP contribution in [0.1, 0.15) is 29.8 Å². The van der Waals surface area contributed by atoms with E-state index >= 15 is 0 Å². The van der Waals surface area contributed by atoms with Gasteiger partial charge in [0, 0.05) is 13.1 Å². The summed E-state index contributed by atoms with van der Waals surface area (Å²) in [5, 5.41) is 6.44. The zero-order valence-electron chi connectivity index (χ0n) is 16.0. The zero-order chi connectivity index (χ0) is 18.8. The molecule has 0 bridgehead atoms. The third-order valence-electron chi connectivity index (χ3n) is 3.73. The number of oxazole rings is 1. The molecule has 0 aliphatic heterocycles. The molecule has 0 aliphatic carbocycles. The maximum atomic E-state index is 5.70. The number of methoxy groups -OCH3 is 1. The molecule has 0 amide bonds. The number of benzene rings is 1. The molecule has 7 nitrogen and oxygen atoms in total. The van der Waals surface area contributed by atoms with Gasteiger partial charge in [0.15, 0.2) is 5.96 Å². The molecular weight excluding hydrogens is 332 g/mol. The first kappa shape index (κ1) is 19.8. The van der Waals surface area contributed by atoms with Crippen LogP contribution in [-0.2, 0) is 17.9 Å². The highest BCUT2D eigenvalue weighted by Crippen LogP contribution is 2.13. The molecule has 2 N–H and O–H groups in total. The fourth-order valence-electron chi connectivity index (χ4n) is 2.29. The van der Waals surface area contributed by atoms with Gasteiger partial charge in [-0.15, -0.1) is 0 Å². The smallest absolute Gasteiger partial charge is 0.216 e. The molecule has 26 heavy (non-hydrogen) atoms. The number of hydrogen-bond acceptors (Lipinski definition) is 5. The summed E-state index contributed by atoms with van der Waals surface area (Å²) in [4.78, 5) is 8.82. The van der Waals surface area contributed by atoms with Crippen LogP contribution in [0.4, 0.5) is 0 Å². The Morgan fingerprint density at radius 1 is 1.27 bits per heavy atom. The summed E-state index contributed by atoms with van der Waals surface area (Å²) in [6, 6.07) is 7.86. The summed E-state index contributed by atoms with van der Waals surface area (Å²) in [5.74, 6) is 3.00. The summed E-state index contributed by atoms with van der Waals surface area (Å²) >= 11 is 0. The molecule has 1 aromatic heterocycles. The lowest BCUT2D eigenvalue weighted by Crippen LogP contribution is -2.39. The lowest BCUT2D eigenvalue weighted by Gasteiger charge is -2.11. The Kier molecular flexibility index (Phi) is 7.95. The minimum absolute atomic E-state index is 0.398. The van der Waals surface area contributed by atoms with Crippen LogP contribution in [0, 0.1) is 13.8 Å². The Morgan fingerprint density at radius 2 is 2.12 bits per heavy atom. The molecule has 0 atom stereocenters. The minimum Gasteiger partial charge on any atom is -0.497 e. The van der Waals surface area contributed by atoms with Crippen molar-refractivity contribution in [2.75, 3.05) is 26.8 Å². The van der Waals surface area contributed by atoms with Gasteiger partial charge >= 0.3 is 0 Å². The third-order valence-corrected chi connectivity index (χ3v) is 3.73. The topological polar surface area (TPSA) is 80.9 Å². The molecule has 7 heteroatoms. The van der Waals surface area contributed by atoms with E-state index in [4.69, 9.17) is 13.9 Å². The van der Waals surface area contributed by atoms with E-state index in [1.54, 1.807) is 7.11 Å². The second-order valence-electron chi connectivity index (χ2n) is 5.78. The summed E-state index contributed by atoms with van der Waals surface area (Å²) in [6.45, 7) is 8.79. The van der Waals surface area contributed by atoms with Gasteiger partial charge < -0.3 is 24.5 Å². The number of aliphatic imine (C=N–C) groups is 1. The molecule has 1 heterocycles. The van der Waals surface area contributed by atoms with Gasteiger partial charge in [0.1, 0.15) is 18.1 Å². The van der Waals surface area contributed by atoms with E-state index in [0.717, 1.165) is 29.3 Å². The molecule has 2 aromatic rings. The number of aromatic nitrogens is 1. The Morgan fingerprint density at radius 3 is 2.81 bits per heavy atom. The Balaban J connectivity index is 1.74. The van der Waals surface area contributed by atoms with E-state index < -0.39 is 0 Å². The van der Waals surface area contributed by atoms with Crippen LogP contribution in [0.2, 0.25) is 0 Å². The van der Waals surface area contributed by atoms with Gasteiger partial charge in [-0.3, -0.25) is 0 Å². The van der Waals surface area contributed by atoms with Gasteiger partial charge in [0.05, 0.1) is 26.0 Å². The Hall–Kier alpha value is -2.54. The molecule has 0 saturated carbocycles. The normalized spacial score (nSPS) is 11.5. The predicted molar refractivity (Wildman–Crippen MR) is 101 cm³/mol. The highest BCUT2D eigenvalue weighted by atomic mass is 16.5. The van der Waals surface area contributed by atoms with Crippen molar-refractivity contribution in [3.05, 3.63) is 47.2 Å². The molecule has 0 spiro atoms. The molecule has 0 radical (unpaired) electrons. The van der Waals surface area contributed by atoms with Crippen LogP contribution < -0.4 is 15.4 Å². The highest BCUT2D eigenvalue weighted by Gasteiger charge is 2.05. The fraction of sp³-hybridized carbons (Fsp3) is 0.474. The number of nitrogens with one attached hydrogen (secondary N) is 2. The quantitative estimate of drug-likeness (QED) is 0.406.